The van der Waals surface area contributed by atoms with Crippen molar-refractivity contribution in [2.75, 3.05) is 13.1 Å². The Balaban J connectivity index is 1.52. The lowest BCUT2D eigenvalue weighted by Crippen LogP contribution is -2.45. The zero-order valence-electron chi connectivity index (χ0n) is 15.0. The number of nitrogens with one attached hydrogen (secondary N) is 2. The molecule has 2 aromatic rings. The molecule has 0 bridgehead atoms. The standard InChI is InChI=1S/C20H25N3O2S/c1-15(17-6-3-2-4-7-17)23(13-16-9-10-16)14-19(24)22-20(25)21-12-18-8-5-11-26-18/h2-8,11,15-16H,9-10,12-14H2,1H3,(H2,21,22,24,25). The molecule has 26 heavy (non-hydrogen) atoms. The lowest BCUT2D eigenvalue weighted by Gasteiger charge is -2.28. The Labute approximate surface area is 158 Å². The summed E-state index contributed by atoms with van der Waals surface area (Å²) in [6.45, 7) is 3.66. The molecular formula is C20H25N3O2S. The fourth-order valence-corrected chi connectivity index (χ4v) is 3.55. The Morgan fingerprint density at radius 3 is 2.62 bits per heavy atom. The molecule has 1 aliphatic rings. The van der Waals surface area contributed by atoms with Crippen molar-refractivity contribution in [2.24, 2.45) is 5.92 Å². The van der Waals surface area contributed by atoms with Crippen LogP contribution in [0, 0.1) is 5.92 Å². The molecule has 0 radical (unpaired) electrons. The van der Waals surface area contributed by atoms with Crippen LogP contribution in [0.3, 0.4) is 0 Å². The van der Waals surface area contributed by atoms with Crippen molar-refractivity contribution < 1.29 is 9.59 Å². The van der Waals surface area contributed by atoms with E-state index in [1.54, 1.807) is 11.3 Å². The van der Waals surface area contributed by atoms with Crippen molar-refractivity contribution in [3.05, 3.63) is 58.3 Å². The van der Waals surface area contributed by atoms with Gasteiger partial charge in [0.15, 0.2) is 0 Å². The van der Waals surface area contributed by atoms with Crippen LogP contribution in [0.4, 0.5) is 4.79 Å². The molecule has 1 heterocycles. The van der Waals surface area contributed by atoms with Crippen molar-refractivity contribution in [2.45, 2.75) is 32.4 Å². The molecule has 1 aliphatic carbocycles. The van der Waals surface area contributed by atoms with Crippen LogP contribution in [0.25, 0.3) is 0 Å². The van der Waals surface area contributed by atoms with E-state index in [4.69, 9.17) is 0 Å². The lowest BCUT2D eigenvalue weighted by atomic mass is 10.1. The number of carbonyl (C=O) groups excluding carboxylic acids is 2. The van der Waals surface area contributed by atoms with E-state index in [1.807, 2.05) is 35.7 Å². The van der Waals surface area contributed by atoms with Gasteiger partial charge in [-0.2, -0.15) is 0 Å². The second-order valence-corrected chi connectivity index (χ2v) is 7.80. The Morgan fingerprint density at radius 2 is 1.96 bits per heavy atom. The summed E-state index contributed by atoms with van der Waals surface area (Å²) >= 11 is 1.57. The van der Waals surface area contributed by atoms with Crippen LogP contribution in [0.15, 0.2) is 47.8 Å². The van der Waals surface area contributed by atoms with Gasteiger partial charge in [0.1, 0.15) is 0 Å². The number of benzene rings is 1. The minimum Gasteiger partial charge on any atom is -0.333 e. The molecule has 5 nitrogen and oxygen atoms in total. The second kappa shape index (κ2) is 8.96. The van der Waals surface area contributed by atoms with E-state index in [9.17, 15) is 9.59 Å². The van der Waals surface area contributed by atoms with E-state index in [1.165, 1.54) is 18.4 Å². The van der Waals surface area contributed by atoms with E-state index < -0.39 is 6.03 Å². The number of nitrogens with zero attached hydrogens (tertiary/aromatic N) is 1. The number of carbonyl (C=O) groups is 2. The molecule has 1 atom stereocenters. The number of hydrogen-bond donors (Lipinski definition) is 2. The molecule has 2 N–H and O–H groups in total. The molecule has 138 valence electrons. The summed E-state index contributed by atoms with van der Waals surface area (Å²) in [4.78, 5) is 27.5. The number of hydrogen-bond acceptors (Lipinski definition) is 4. The minimum absolute atomic E-state index is 0.136. The van der Waals surface area contributed by atoms with E-state index >= 15 is 0 Å². The first-order valence-electron chi connectivity index (χ1n) is 9.01. The third kappa shape index (κ3) is 5.68. The normalized spacial score (nSPS) is 14.8. The van der Waals surface area contributed by atoms with Crippen molar-refractivity contribution in [1.29, 1.82) is 0 Å². The molecule has 0 aliphatic heterocycles. The fourth-order valence-electron chi connectivity index (χ4n) is 2.91. The summed E-state index contributed by atoms with van der Waals surface area (Å²) < 4.78 is 0. The molecule has 3 rings (SSSR count). The number of amides is 3. The maximum Gasteiger partial charge on any atom is 0.321 e. The van der Waals surface area contributed by atoms with Crippen LogP contribution in [0.5, 0.6) is 0 Å². The average Bonchev–Trinajstić information content (AvgIpc) is 3.30. The quantitative estimate of drug-likeness (QED) is 0.746. The number of imide groups is 1. The molecule has 0 spiro atoms. The zero-order valence-corrected chi connectivity index (χ0v) is 15.8. The van der Waals surface area contributed by atoms with Gasteiger partial charge < -0.3 is 5.32 Å². The summed E-state index contributed by atoms with van der Waals surface area (Å²) in [6.07, 6.45) is 2.45. The smallest absolute Gasteiger partial charge is 0.321 e. The van der Waals surface area contributed by atoms with Crippen LogP contribution in [0.1, 0.15) is 36.2 Å². The molecule has 1 saturated carbocycles. The van der Waals surface area contributed by atoms with Crippen LogP contribution < -0.4 is 10.6 Å². The number of thiophene rings is 1. The van der Waals surface area contributed by atoms with Crippen molar-refractivity contribution >= 4 is 23.3 Å². The molecule has 1 aromatic heterocycles. The Morgan fingerprint density at radius 1 is 1.19 bits per heavy atom. The molecule has 1 aromatic carbocycles. The van der Waals surface area contributed by atoms with E-state index in [0.29, 0.717) is 12.5 Å². The lowest BCUT2D eigenvalue weighted by molar-refractivity contribution is -0.121. The van der Waals surface area contributed by atoms with Gasteiger partial charge in [0.25, 0.3) is 0 Å². The Kier molecular flexibility index (Phi) is 6.41. The van der Waals surface area contributed by atoms with Crippen molar-refractivity contribution in [3.8, 4) is 0 Å². The van der Waals surface area contributed by atoms with Gasteiger partial charge in [-0.15, -0.1) is 11.3 Å². The van der Waals surface area contributed by atoms with Gasteiger partial charge in [0, 0.05) is 17.5 Å². The van der Waals surface area contributed by atoms with Gasteiger partial charge in [-0.05, 0) is 42.7 Å². The van der Waals surface area contributed by atoms with Gasteiger partial charge in [-0.3, -0.25) is 15.0 Å². The van der Waals surface area contributed by atoms with Gasteiger partial charge in [0.05, 0.1) is 13.1 Å². The molecular weight excluding hydrogens is 346 g/mol. The predicted octanol–water partition coefficient (Wildman–Crippen LogP) is 3.55. The number of urea groups is 1. The van der Waals surface area contributed by atoms with Crippen LogP contribution >= 0.6 is 11.3 Å². The predicted molar refractivity (Wildman–Crippen MR) is 104 cm³/mol. The largest absolute Gasteiger partial charge is 0.333 e. The summed E-state index contributed by atoms with van der Waals surface area (Å²) in [5.74, 6) is 0.402. The van der Waals surface area contributed by atoms with Gasteiger partial charge >= 0.3 is 6.03 Å². The van der Waals surface area contributed by atoms with Crippen LogP contribution in [-0.4, -0.2) is 29.9 Å². The van der Waals surface area contributed by atoms with E-state index in [0.717, 1.165) is 11.4 Å². The first-order valence-corrected chi connectivity index (χ1v) is 9.89. The third-order valence-corrected chi connectivity index (χ3v) is 5.50. The Bertz CT molecular complexity index is 714. The highest BCUT2D eigenvalue weighted by Gasteiger charge is 2.28. The Hall–Kier alpha value is -2.18. The minimum atomic E-state index is -0.442. The van der Waals surface area contributed by atoms with Crippen molar-refractivity contribution in [3.63, 3.8) is 0 Å². The first kappa shape index (κ1) is 18.6. The maximum absolute atomic E-state index is 12.4. The summed E-state index contributed by atoms with van der Waals surface area (Å²) in [5, 5.41) is 7.13. The SMILES string of the molecule is CC(c1ccccc1)N(CC(=O)NC(=O)NCc1cccs1)CC1CC1. The third-order valence-electron chi connectivity index (χ3n) is 4.62. The van der Waals surface area contributed by atoms with E-state index in [-0.39, 0.29) is 18.5 Å². The highest BCUT2D eigenvalue weighted by atomic mass is 32.1. The van der Waals surface area contributed by atoms with Gasteiger partial charge in [-0.1, -0.05) is 36.4 Å². The van der Waals surface area contributed by atoms with Crippen LogP contribution in [0.2, 0.25) is 0 Å². The monoisotopic (exact) mass is 371 g/mol. The van der Waals surface area contributed by atoms with E-state index in [2.05, 4.69) is 34.6 Å². The highest BCUT2D eigenvalue weighted by molar-refractivity contribution is 7.09. The highest BCUT2D eigenvalue weighted by Crippen LogP contribution is 2.32. The first-order chi connectivity index (χ1) is 12.6. The van der Waals surface area contributed by atoms with Gasteiger partial charge in [-0.25, -0.2) is 4.79 Å². The average molecular weight is 372 g/mol. The molecule has 6 heteroatoms. The second-order valence-electron chi connectivity index (χ2n) is 6.77. The fraction of sp³-hybridized carbons (Fsp3) is 0.400. The summed E-state index contributed by atoms with van der Waals surface area (Å²) in [7, 11) is 0. The van der Waals surface area contributed by atoms with Gasteiger partial charge in [0.2, 0.25) is 5.91 Å². The molecule has 3 amide bonds. The molecule has 0 saturated heterocycles. The topological polar surface area (TPSA) is 61.4 Å². The zero-order chi connectivity index (χ0) is 18.4. The summed E-state index contributed by atoms with van der Waals surface area (Å²) in [5.41, 5.74) is 1.18. The molecule has 1 unspecified atom stereocenters. The maximum atomic E-state index is 12.4. The van der Waals surface area contributed by atoms with Crippen molar-refractivity contribution in [1.82, 2.24) is 15.5 Å². The number of rotatable bonds is 8. The van der Waals surface area contributed by atoms with Crippen LogP contribution in [-0.2, 0) is 11.3 Å². The molecule has 1 fully saturated rings. The summed E-state index contributed by atoms with van der Waals surface area (Å²) in [6, 6.07) is 13.8.